The van der Waals surface area contributed by atoms with Gasteiger partial charge < -0.3 is 24.6 Å². The molecular formula is C31H47NO7S. The Kier molecular flexibility index (Phi) is 16.2. The number of ether oxygens (including phenoxy) is 2. The van der Waals surface area contributed by atoms with Gasteiger partial charge >= 0.3 is 5.97 Å². The van der Waals surface area contributed by atoms with Gasteiger partial charge in [0.05, 0.1) is 18.8 Å². The molecule has 40 heavy (non-hydrogen) atoms. The maximum Gasteiger partial charge on any atom is 0.306 e. The predicted octanol–water partition coefficient (Wildman–Crippen LogP) is 3.95. The van der Waals surface area contributed by atoms with Gasteiger partial charge in [0.25, 0.3) is 5.91 Å². The summed E-state index contributed by atoms with van der Waals surface area (Å²) in [5.41, 5.74) is 2.03. The van der Waals surface area contributed by atoms with E-state index < -0.39 is 12.2 Å². The van der Waals surface area contributed by atoms with Crippen LogP contribution in [0.3, 0.4) is 0 Å². The number of thioether (sulfide) groups is 1. The first-order chi connectivity index (χ1) is 19.3. The van der Waals surface area contributed by atoms with Crippen molar-refractivity contribution < 1.29 is 34.1 Å². The maximum atomic E-state index is 12.5. The highest BCUT2D eigenvalue weighted by atomic mass is 32.2. The number of hydrogen-bond donors (Lipinski definition) is 2. The summed E-state index contributed by atoms with van der Waals surface area (Å²) < 4.78 is 10.3. The average molecular weight is 578 g/mol. The molecule has 0 spiro atoms. The molecule has 1 aromatic rings. The van der Waals surface area contributed by atoms with Crippen LogP contribution in [0.4, 0.5) is 0 Å². The third-order valence-electron chi connectivity index (χ3n) is 6.97. The lowest BCUT2D eigenvalue weighted by Crippen LogP contribution is -2.35. The third kappa shape index (κ3) is 12.1. The number of ketones is 1. The molecule has 0 bridgehead atoms. The molecule has 0 saturated heterocycles. The van der Waals surface area contributed by atoms with Crippen LogP contribution >= 0.6 is 11.8 Å². The first kappa shape index (κ1) is 34.0. The van der Waals surface area contributed by atoms with E-state index in [-0.39, 0.29) is 48.9 Å². The fourth-order valence-corrected chi connectivity index (χ4v) is 5.98. The zero-order chi connectivity index (χ0) is 29.3. The van der Waals surface area contributed by atoms with Crippen LogP contribution in [0, 0.1) is 11.8 Å². The average Bonchev–Trinajstić information content (AvgIpc) is 3.19. The molecule has 2 N–H and O–H groups in total. The molecule has 4 unspecified atom stereocenters. The number of Topliss-reactive ketones (excluding diaryl/α,β-unsaturated/α-hetero) is 1. The molecule has 224 valence electrons. The van der Waals surface area contributed by atoms with Crippen LogP contribution in [0.15, 0.2) is 36.4 Å². The van der Waals surface area contributed by atoms with Gasteiger partial charge in [-0.25, -0.2) is 0 Å². The van der Waals surface area contributed by atoms with Crippen LogP contribution < -0.4 is 0 Å². The van der Waals surface area contributed by atoms with E-state index >= 15 is 0 Å². The normalized spacial score (nSPS) is 19.7. The quantitative estimate of drug-likeness (QED) is 0.144. The van der Waals surface area contributed by atoms with Crippen molar-refractivity contribution in [3.8, 4) is 0 Å². The lowest BCUT2D eigenvalue weighted by atomic mass is 9.91. The van der Waals surface area contributed by atoms with E-state index in [1.165, 1.54) is 0 Å². The molecule has 1 fully saturated rings. The number of esters is 1. The van der Waals surface area contributed by atoms with Crippen LogP contribution in [-0.2, 0) is 36.9 Å². The van der Waals surface area contributed by atoms with Crippen LogP contribution in [0.2, 0.25) is 0 Å². The van der Waals surface area contributed by atoms with Gasteiger partial charge in [0.2, 0.25) is 0 Å². The molecule has 4 atom stereocenters. The highest BCUT2D eigenvalue weighted by molar-refractivity contribution is 7.99. The second-order valence-corrected chi connectivity index (χ2v) is 11.6. The minimum atomic E-state index is -0.737. The molecular weight excluding hydrogens is 530 g/mol. The van der Waals surface area contributed by atoms with Crippen molar-refractivity contribution in [3.05, 3.63) is 47.5 Å². The molecule has 1 saturated carbocycles. The Hall–Kier alpha value is -2.20. The maximum absolute atomic E-state index is 12.5. The van der Waals surface area contributed by atoms with Crippen molar-refractivity contribution in [2.24, 2.45) is 11.8 Å². The number of hydrogen-bond acceptors (Lipinski definition) is 8. The Morgan fingerprint density at radius 3 is 2.60 bits per heavy atom. The highest BCUT2D eigenvalue weighted by Gasteiger charge is 2.39. The minimum Gasteiger partial charge on any atom is -0.456 e. The Morgan fingerprint density at radius 2 is 1.90 bits per heavy atom. The molecule has 0 heterocycles. The van der Waals surface area contributed by atoms with Gasteiger partial charge in [-0.15, -0.1) is 0 Å². The zero-order valence-corrected chi connectivity index (χ0v) is 25.1. The molecule has 0 aromatic heterocycles. The van der Waals surface area contributed by atoms with E-state index in [2.05, 4.69) is 0 Å². The standard InChI is InChI=1S/C31H47NO7S/c1-4-14-32(15-5-2)30(36)22-39-31(37)10-7-16-40-17-13-27-26(28(34)20-29(27)35)12-11-25(33)19-23-8-6-9-24(18-23)21-38-3/h6,8-9,11-12,18,25-28,33-34H,4-5,7,10,13-17,19-22H2,1-3H3. The van der Waals surface area contributed by atoms with Crippen molar-refractivity contribution in [1.29, 1.82) is 0 Å². The number of benzene rings is 1. The fourth-order valence-electron chi connectivity index (χ4n) is 5.01. The second-order valence-electron chi connectivity index (χ2n) is 10.4. The molecule has 0 radical (unpaired) electrons. The number of aliphatic hydroxyl groups is 2. The summed E-state index contributed by atoms with van der Waals surface area (Å²) in [5.74, 6) is 0.423. The molecule has 1 aliphatic rings. The molecule has 9 heteroatoms. The molecule has 1 amide bonds. The molecule has 2 rings (SSSR count). The largest absolute Gasteiger partial charge is 0.456 e. The van der Waals surface area contributed by atoms with Crippen LogP contribution in [-0.4, -0.2) is 83.3 Å². The summed E-state index contributed by atoms with van der Waals surface area (Å²) >= 11 is 1.66. The minimum absolute atomic E-state index is 0.0536. The summed E-state index contributed by atoms with van der Waals surface area (Å²) in [4.78, 5) is 38.5. The van der Waals surface area contributed by atoms with Crippen LogP contribution in [0.1, 0.15) is 63.5 Å². The Bertz CT molecular complexity index is 947. The summed E-state index contributed by atoms with van der Waals surface area (Å²) in [7, 11) is 1.64. The third-order valence-corrected chi connectivity index (χ3v) is 8.08. The number of carbonyl (C=O) groups excluding carboxylic acids is 3. The van der Waals surface area contributed by atoms with Crippen molar-refractivity contribution in [1.82, 2.24) is 4.90 Å². The summed E-state index contributed by atoms with van der Waals surface area (Å²) in [6, 6.07) is 7.87. The van der Waals surface area contributed by atoms with Gasteiger partial charge in [0, 0.05) is 51.3 Å². The lowest BCUT2D eigenvalue weighted by molar-refractivity contribution is -0.152. The van der Waals surface area contributed by atoms with Gasteiger partial charge in [0.1, 0.15) is 5.78 Å². The molecule has 1 aromatic carbocycles. The number of carbonyl (C=O) groups is 3. The fraction of sp³-hybridized carbons (Fsp3) is 0.645. The molecule has 0 aliphatic heterocycles. The molecule has 8 nitrogen and oxygen atoms in total. The Balaban J connectivity index is 1.70. The Labute approximate surface area is 243 Å². The Morgan fingerprint density at radius 1 is 1.18 bits per heavy atom. The second kappa shape index (κ2) is 19.0. The lowest BCUT2D eigenvalue weighted by Gasteiger charge is -2.21. The van der Waals surface area contributed by atoms with E-state index in [0.29, 0.717) is 39.0 Å². The number of methoxy groups -OCH3 is 1. The van der Waals surface area contributed by atoms with E-state index in [9.17, 15) is 24.6 Å². The van der Waals surface area contributed by atoms with Crippen LogP contribution in [0.5, 0.6) is 0 Å². The van der Waals surface area contributed by atoms with Crippen molar-refractivity contribution >= 4 is 29.4 Å². The first-order valence-corrected chi connectivity index (χ1v) is 15.6. The molecule has 1 aliphatic carbocycles. The summed E-state index contributed by atoms with van der Waals surface area (Å²) in [5, 5.41) is 21.0. The van der Waals surface area contributed by atoms with Gasteiger partial charge in [-0.05, 0) is 48.3 Å². The van der Waals surface area contributed by atoms with Crippen molar-refractivity contribution in [2.45, 2.75) is 77.6 Å². The van der Waals surface area contributed by atoms with Crippen LogP contribution in [0.25, 0.3) is 0 Å². The van der Waals surface area contributed by atoms with Gasteiger partial charge in [-0.1, -0.05) is 50.3 Å². The van der Waals surface area contributed by atoms with E-state index in [0.717, 1.165) is 35.5 Å². The summed E-state index contributed by atoms with van der Waals surface area (Å²) in [6.45, 7) is 5.67. The zero-order valence-electron chi connectivity index (χ0n) is 24.3. The smallest absolute Gasteiger partial charge is 0.306 e. The topological polar surface area (TPSA) is 113 Å². The van der Waals surface area contributed by atoms with Crippen molar-refractivity contribution in [3.63, 3.8) is 0 Å². The van der Waals surface area contributed by atoms with Gasteiger partial charge in [-0.3, -0.25) is 14.4 Å². The van der Waals surface area contributed by atoms with Gasteiger partial charge in [0.15, 0.2) is 6.61 Å². The highest BCUT2D eigenvalue weighted by Crippen LogP contribution is 2.34. The van der Waals surface area contributed by atoms with E-state index in [1.54, 1.807) is 35.9 Å². The predicted molar refractivity (Wildman–Crippen MR) is 158 cm³/mol. The summed E-state index contributed by atoms with van der Waals surface area (Å²) in [6.07, 6.45) is 5.87. The van der Waals surface area contributed by atoms with E-state index in [4.69, 9.17) is 9.47 Å². The van der Waals surface area contributed by atoms with Crippen molar-refractivity contribution in [2.75, 3.05) is 38.3 Å². The monoisotopic (exact) mass is 577 g/mol. The number of amides is 1. The van der Waals surface area contributed by atoms with Gasteiger partial charge in [-0.2, -0.15) is 11.8 Å². The number of nitrogens with zero attached hydrogens (tertiary/aromatic N) is 1. The number of rotatable bonds is 19. The van der Waals surface area contributed by atoms with E-state index in [1.807, 2.05) is 38.1 Å². The SMILES string of the molecule is CCCN(CCC)C(=O)COC(=O)CCCSCCC1C(=O)CC(O)C1C=CC(O)Cc1cccc(COC)c1. The number of aliphatic hydroxyl groups excluding tert-OH is 2. The first-order valence-electron chi connectivity index (χ1n) is 14.4.